The van der Waals surface area contributed by atoms with Gasteiger partial charge in [0.25, 0.3) is 15.9 Å². The lowest BCUT2D eigenvalue weighted by atomic mass is 10.2. The number of likely N-dealkylation sites (N-methyl/N-ethyl adjacent to an activating group) is 1. The minimum Gasteiger partial charge on any atom is -0.302 e. The molecule has 40 heavy (non-hydrogen) atoms. The highest BCUT2D eigenvalue weighted by Crippen LogP contribution is 2.32. The molecule has 0 aliphatic rings. The summed E-state index contributed by atoms with van der Waals surface area (Å²) < 4.78 is 52.3. The van der Waals surface area contributed by atoms with E-state index in [1.54, 1.807) is 41.3 Å². The van der Waals surface area contributed by atoms with Gasteiger partial charge < -0.3 is 4.90 Å². The predicted molar refractivity (Wildman–Crippen MR) is 161 cm³/mol. The molecule has 0 aliphatic heterocycles. The number of thiazole rings is 1. The molecule has 4 rings (SSSR count). The number of amides is 1. The van der Waals surface area contributed by atoms with Gasteiger partial charge in [-0.15, -0.1) is 0 Å². The number of hydrogen-bond donors (Lipinski definition) is 0. The highest BCUT2D eigenvalue weighted by atomic mass is 32.2. The van der Waals surface area contributed by atoms with Crippen molar-refractivity contribution in [3.8, 4) is 0 Å². The Morgan fingerprint density at radius 3 is 2.08 bits per heavy atom. The minimum atomic E-state index is -3.83. The second-order valence-corrected chi connectivity index (χ2v) is 14.2. The monoisotopic (exact) mass is 600 g/mol. The van der Waals surface area contributed by atoms with Crippen molar-refractivity contribution in [2.75, 3.05) is 48.7 Å². The van der Waals surface area contributed by atoms with E-state index in [2.05, 4.69) is 9.88 Å². The Bertz CT molecular complexity index is 1700. The summed E-state index contributed by atoms with van der Waals surface area (Å²) >= 11 is 1.24. The topological polar surface area (TPSA) is 108 Å². The molecule has 0 saturated carbocycles. The quantitative estimate of drug-likeness (QED) is 0.249. The number of hydrogen-bond acceptors (Lipinski definition) is 8. The molecule has 0 spiro atoms. The first-order valence-corrected chi connectivity index (χ1v) is 16.9. The fraction of sp³-hybridized carbons (Fsp3) is 0.286. The zero-order valence-corrected chi connectivity index (χ0v) is 25.3. The highest BCUT2D eigenvalue weighted by Gasteiger charge is 2.25. The van der Waals surface area contributed by atoms with E-state index in [1.165, 1.54) is 53.0 Å². The van der Waals surface area contributed by atoms with Gasteiger partial charge in [0.05, 0.1) is 25.7 Å². The van der Waals surface area contributed by atoms with Crippen molar-refractivity contribution in [2.45, 2.75) is 23.6 Å². The van der Waals surface area contributed by atoms with Gasteiger partial charge in [0, 0.05) is 32.0 Å². The molecular weight excluding hydrogens is 569 g/mol. The van der Waals surface area contributed by atoms with Crippen molar-refractivity contribution in [2.24, 2.45) is 0 Å². The molecule has 0 bridgehead atoms. The first kappa shape index (κ1) is 29.7. The van der Waals surface area contributed by atoms with Crippen LogP contribution in [0.2, 0.25) is 0 Å². The van der Waals surface area contributed by atoms with E-state index in [1.807, 2.05) is 19.9 Å². The van der Waals surface area contributed by atoms with Gasteiger partial charge in [-0.2, -0.15) is 0 Å². The van der Waals surface area contributed by atoms with Crippen molar-refractivity contribution in [3.63, 3.8) is 0 Å². The van der Waals surface area contributed by atoms with Crippen molar-refractivity contribution in [1.29, 1.82) is 0 Å². The number of sulfonamides is 1. The third-order valence-electron chi connectivity index (χ3n) is 6.67. The van der Waals surface area contributed by atoms with Gasteiger partial charge in [-0.3, -0.25) is 14.0 Å². The molecule has 212 valence electrons. The number of nitrogens with zero attached hydrogens (tertiary/aromatic N) is 4. The number of rotatable bonds is 11. The summed E-state index contributed by atoms with van der Waals surface area (Å²) in [5.74, 6) is -0.324. The second kappa shape index (κ2) is 12.0. The molecular formula is C28H32N4O5S3. The SMILES string of the molecule is CCN(CC)CCN(C(=O)c1ccc(S(=O)(=O)N(C)c2ccccc2)cc1)c1nc2ccc(S(C)(=O)=O)cc2s1. The van der Waals surface area contributed by atoms with Crippen LogP contribution < -0.4 is 9.21 Å². The largest absolute Gasteiger partial charge is 0.302 e. The van der Waals surface area contributed by atoms with Gasteiger partial charge in [0.2, 0.25) is 0 Å². The molecule has 0 aliphatic carbocycles. The summed E-state index contributed by atoms with van der Waals surface area (Å²) in [4.78, 5) is 22.4. The van der Waals surface area contributed by atoms with Crippen molar-refractivity contribution in [1.82, 2.24) is 9.88 Å². The van der Waals surface area contributed by atoms with Crippen LogP contribution >= 0.6 is 11.3 Å². The third kappa shape index (κ3) is 6.35. The molecule has 9 nitrogen and oxygen atoms in total. The molecule has 0 saturated heterocycles. The zero-order valence-electron chi connectivity index (χ0n) is 22.8. The molecule has 1 amide bonds. The van der Waals surface area contributed by atoms with Crippen LogP contribution in [0.25, 0.3) is 10.2 Å². The van der Waals surface area contributed by atoms with Crippen LogP contribution in [-0.2, 0) is 19.9 Å². The maximum absolute atomic E-state index is 13.8. The molecule has 12 heteroatoms. The van der Waals surface area contributed by atoms with E-state index in [0.717, 1.165) is 19.3 Å². The average Bonchev–Trinajstić information content (AvgIpc) is 3.38. The molecule has 0 fully saturated rings. The molecule has 0 unspecified atom stereocenters. The van der Waals surface area contributed by atoms with Crippen LogP contribution in [0.5, 0.6) is 0 Å². The lowest BCUT2D eigenvalue weighted by Gasteiger charge is -2.25. The van der Waals surface area contributed by atoms with E-state index < -0.39 is 19.9 Å². The minimum absolute atomic E-state index is 0.0679. The van der Waals surface area contributed by atoms with Gasteiger partial charge in [0.1, 0.15) is 0 Å². The van der Waals surface area contributed by atoms with E-state index in [0.29, 0.717) is 39.7 Å². The van der Waals surface area contributed by atoms with E-state index in [4.69, 9.17) is 0 Å². The Kier molecular flexibility index (Phi) is 8.93. The smallest absolute Gasteiger partial charge is 0.264 e. The molecule has 4 aromatic rings. The van der Waals surface area contributed by atoms with Crippen molar-refractivity contribution in [3.05, 3.63) is 78.4 Å². The number of fused-ring (bicyclic) bond motifs is 1. The highest BCUT2D eigenvalue weighted by molar-refractivity contribution is 7.92. The Hall–Kier alpha value is -3.32. The normalized spacial score (nSPS) is 12.1. The molecule has 3 aromatic carbocycles. The number of aromatic nitrogens is 1. The molecule has 1 heterocycles. The summed E-state index contributed by atoms with van der Waals surface area (Å²) in [6, 6.07) is 19.4. The van der Waals surface area contributed by atoms with Crippen molar-refractivity contribution < 1.29 is 21.6 Å². The maximum Gasteiger partial charge on any atom is 0.264 e. The van der Waals surface area contributed by atoms with Crippen LogP contribution in [0.3, 0.4) is 0 Å². The standard InChI is InChI=1S/C28H32N4O5S3/c1-5-31(6-2)18-19-32(28-29-25-17-16-24(39(4,34)35)20-26(25)38-28)27(33)21-12-14-23(15-13-21)40(36,37)30(3)22-10-8-7-9-11-22/h7-17,20H,5-6,18-19H2,1-4H3. The average molecular weight is 601 g/mol. The Labute approximate surface area is 239 Å². The molecule has 0 atom stereocenters. The van der Waals surface area contributed by atoms with Gasteiger partial charge in [-0.25, -0.2) is 21.8 Å². The van der Waals surface area contributed by atoms with Crippen LogP contribution in [0.4, 0.5) is 10.8 Å². The summed E-state index contributed by atoms with van der Waals surface area (Å²) in [5, 5.41) is 0.443. The third-order valence-corrected chi connectivity index (χ3v) is 10.6. The Morgan fingerprint density at radius 2 is 1.48 bits per heavy atom. The van der Waals surface area contributed by atoms with Gasteiger partial charge in [-0.05, 0) is 67.7 Å². The van der Waals surface area contributed by atoms with Crippen molar-refractivity contribution >= 4 is 58.1 Å². The fourth-order valence-electron chi connectivity index (χ4n) is 4.16. The summed E-state index contributed by atoms with van der Waals surface area (Å²) in [6.07, 6.45) is 1.15. The second-order valence-electron chi connectivity index (χ2n) is 9.21. The number of carbonyl (C=O) groups excluding carboxylic acids is 1. The van der Waals surface area contributed by atoms with E-state index in [-0.39, 0.29) is 15.7 Å². The summed E-state index contributed by atoms with van der Waals surface area (Å²) in [5.41, 5.74) is 1.44. The van der Waals surface area contributed by atoms with Gasteiger partial charge in [0.15, 0.2) is 15.0 Å². The first-order chi connectivity index (χ1) is 19.0. The van der Waals surface area contributed by atoms with Crippen LogP contribution in [-0.4, -0.2) is 72.1 Å². The van der Waals surface area contributed by atoms with Gasteiger partial charge >= 0.3 is 0 Å². The zero-order chi connectivity index (χ0) is 29.1. The Morgan fingerprint density at radius 1 is 0.850 bits per heavy atom. The number of para-hydroxylation sites is 1. The molecule has 1 aromatic heterocycles. The lowest BCUT2D eigenvalue weighted by molar-refractivity contribution is 0.0983. The summed E-state index contributed by atoms with van der Waals surface area (Å²) in [6.45, 7) is 6.69. The number of anilines is 2. The fourth-order valence-corrected chi connectivity index (χ4v) is 7.11. The maximum atomic E-state index is 13.8. The summed E-state index contributed by atoms with van der Waals surface area (Å²) in [7, 11) is -5.73. The first-order valence-electron chi connectivity index (χ1n) is 12.7. The van der Waals surface area contributed by atoms with Crippen LogP contribution in [0.15, 0.2) is 82.6 Å². The number of benzene rings is 3. The number of carbonyl (C=O) groups is 1. The van der Waals surface area contributed by atoms with Gasteiger partial charge in [-0.1, -0.05) is 43.4 Å². The van der Waals surface area contributed by atoms with E-state index >= 15 is 0 Å². The van der Waals surface area contributed by atoms with Crippen LogP contribution in [0.1, 0.15) is 24.2 Å². The molecule has 0 N–H and O–H groups in total. The van der Waals surface area contributed by atoms with Crippen LogP contribution in [0, 0.1) is 0 Å². The predicted octanol–water partition coefficient (Wildman–Crippen LogP) is 4.51. The molecule has 0 radical (unpaired) electrons. The number of sulfone groups is 1. The Balaban J connectivity index is 1.66. The van der Waals surface area contributed by atoms with E-state index in [9.17, 15) is 21.6 Å². The lowest BCUT2D eigenvalue weighted by Crippen LogP contribution is -2.38.